The Bertz CT molecular complexity index is 1290. The first kappa shape index (κ1) is 20.9. The fourth-order valence-corrected chi connectivity index (χ4v) is 3.98. The quantitative estimate of drug-likeness (QED) is 0.393. The first-order valence-electron chi connectivity index (χ1n) is 9.50. The van der Waals surface area contributed by atoms with Gasteiger partial charge in [-0.15, -0.1) is 11.3 Å². The Hall–Kier alpha value is -3.40. The van der Waals surface area contributed by atoms with Crippen molar-refractivity contribution in [3.8, 4) is 22.0 Å². The predicted octanol–water partition coefficient (Wildman–Crippen LogP) is 4.86. The molecule has 10 heteroatoms. The maximum atomic E-state index is 15.4. The van der Waals surface area contributed by atoms with Gasteiger partial charge in [-0.25, -0.2) is 23.7 Å². The van der Waals surface area contributed by atoms with Gasteiger partial charge >= 0.3 is 5.97 Å². The second-order valence-electron chi connectivity index (χ2n) is 7.36. The molecule has 0 spiro atoms. The highest BCUT2D eigenvalue weighted by Crippen LogP contribution is 2.34. The molecule has 4 aromatic heterocycles. The molecule has 3 N–H and O–H groups in total. The number of aryl methyl sites for hydroxylation is 1. The lowest BCUT2D eigenvalue weighted by molar-refractivity contribution is -0.141. The molecule has 0 saturated heterocycles. The molecule has 0 amide bonds. The summed E-state index contributed by atoms with van der Waals surface area (Å²) in [6.45, 7) is 5.06. The third-order valence-electron chi connectivity index (χ3n) is 5.06. The Morgan fingerprint density at radius 3 is 2.71 bits per heavy atom. The van der Waals surface area contributed by atoms with Gasteiger partial charge in [0.15, 0.2) is 17.5 Å². The molecule has 0 saturated carbocycles. The second kappa shape index (κ2) is 8.03. The van der Waals surface area contributed by atoms with Crippen LogP contribution in [0.5, 0.6) is 0 Å². The van der Waals surface area contributed by atoms with Crippen molar-refractivity contribution in [2.45, 2.75) is 26.8 Å². The Labute approximate surface area is 180 Å². The van der Waals surface area contributed by atoms with Crippen molar-refractivity contribution in [2.75, 3.05) is 5.32 Å². The molecular formula is C21H19F2N5O2S. The van der Waals surface area contributed by atoms with Crippen LogP contribution in [-0.4, -0.2) is 37.1 Å². The Kier molecular flexibility index (Phi) is 5.40. The Morgan fingerprint density at radius 1 is 1.26 bits per heavy atom. The zero-order valence-electron chi connectivity index (χ0n) is 16.9. The number of carbonyl (C=O) groups is 1. The van der Waals surface area contributed by atoms with Crippen LogP contribution in [0.15, 0.2) is 29.9 Å². The van der Waals surface area contributed by atoms with Gasteiger partial charge in [0, 0.05) is 23.2 Å². The van der Waals surface area contributed by atoms with Crippen molar-refractivity contribution in [2.24, 2.45) is 5.92 Å². The molecule has 31 heavy (non-hydrogen) atoms. The normalized spacial score (nSPS) is 13.3. The number of thiophene rings is 1. The predicted molar refractivity (Wildman–Crippen MR) is 115 cm³/mol. The van der Waals surface area contributed by atoms with Crippen molar-refractivity contribution < 1.29 is 18.7 Å². The van der Waals surface area contributed by atoms with Crippen molar-refractivity contribution in [1.82, 2.24) is 19.9 Å². The number of pyridine rings is 1. The third-order valence-corrected chi connectivity index (χ3v) is 6.11. The minimum atomic E-state index is -1.01. The molecule has 0 bridgehead atoms. The summed E-state index contributed by atoms with van der Waals surface area (Å²) >= 11 is 1.34. The van der Waals surface area contributed by atoms with Gasteiger partial charge in [0.2, 0.25) is 0 Å². The molecule has 7 nitrogen and oxygen atoms in total. The van der Waals surface area contributed by atoms with Crippen LogP contribution in [0.25, 0.3) is 33.0 Å². The number of hydrogen-bond donors (Lipinski definition) is 3. The molecule has 0 fully saturated rings. The minimum absolute atomic E-state index is 0.0829. The monoisotopic (exact) mass is 443 g/mol. The summed E-state index contributed by atoms with van der Waals surface area (Å²) in [6, 6.07) is 2.51. The van der Waals surface area contributed by atoms with E-state index >= 15 is 4.39 Å². The van der Waals surface area contributed by atoms with Gasteiger partial charge in [-0.2, -0.15) is 0 Å². The number of nitrogens with zero attached hydrogens (tertiary/aromatic N) is 3. The van der Waals surface area contributed by atoms with Gasteiger partial charge in [-0.05, 0) is 43.8 Å². The maximum absolute atomic E-state index is 15.4. The van der Waals surface area contributed by atoms with E-state index in [1.165, 1.54) is 24.3 Å². The lowest BCUT2D eigenvalue weighted by Gasteiger charge is -2.19. The smallest absolute Gasteiger partial charge is 0.308 e. The van der Waals surface area contributed by atoms with Crippen molar-refractivity contribution in [3.63, 3.8) is 0 Å². The third kappa shape index (κ3) is 3.98. The molecule has 4 rings (SSSR count). The van der Waals surface area contributed by atoms with Crippen LogP contribution < -0.4 is 5.32 Å². The van der Waals surface area contributed by atoms with Crippen LogP contribution in [0.2, 0.25) is 0 Å². The highest BCUT2D eigenvalue weighted by Gasteiger charge is 2.24. The van der Waals surface area contributed by atoms with Crippen LogP contribution in [0, 0.1) is 24.5 Å². The highest BCUT2D eigenvalue weighted by atomic mass is 32.1. The van der Waals surface area contributed by atoms with E-state index in [-0.39, 0.29) is 17.3 Å². The van der Waals surface area contributed by atoms with Crippen LogP contribution in [0.1, 0.15) is 19.4 Å². The number of nitrogens with one attached hydrogen (secondary N) is 2. The molecule has 0 aliphatic heterocycles. The standard InChI is InChI=1S/C21H19F2N5O2S/c1-9-4-15(31-8-9)17-16(23)20(26-11(3)10(2)21(29)30)28-19(27-17)14-7-25-18-13(14)5-12(22)6-24-18/h4-8,10-11H,1-3H3,(H,24,25)(H,29,30)(H,26,27,28)/t10-,11-/m0/s1. The highest BCUT2D eigenvalue weighted by molar-refractivity contribution is 7.13. The largest absolute Gasteiger partial charge is 0.481 e. The van der Waals surface area contributed by atoms with Gasteiger partial charge in [0.1, 0.15) is 17.2 Å². The number of halogens is 2. The van der Waals surface area contributed by atoms with E-state index in [0.717, 1.165) is 11.8 Å². The van der Waals surface area contributed by atoms with E-state index < -0.39 is 29.6 Å². The van der Waals surface area contributed by atoms with E-state index in [1.54, 1.807) is 13.1 Å². The molecule has 0 unspecified atom stereocenters. The van der Waals surface area contributed by atoms with E-state index in [1.807, 2.05) is 18.4 Å². The topological polar surface area (TPSA) is 104 Å². The van der Waals surface area contributed by atoms with E-state index in [4.69, 9.17) is 0 Å². The Balaban J connectivity index is 1.88. The number of aromatic nitrogens is 4. The molecule has 0 radical (unpaired) electrons. The van der Waals surface area contributed by atoms with Crippen LogP contribution in [0.3, 0.4) is 0 Å². The van der Waals surface area contributed by atoms with Crippen molar-refractivity contribution in [3.05, 3.63) is 47.1 Å². The van der Waals surface area contributed by atoms with E-state index in [2.05, 4.69) is 25.3 Å². The number of aromatic amines is 1. The van der Waals surface area contributed by atoms with Crippen molar-refractivity contribution in [1.29, 1.82) is 0 Å². The number of anilines is 1. The molecule has 4 heterocycles. The molecule has 2 atom stereocenters. The second-order valence-corrected chi connectivity index (χ2v) is 8.27. The first-order valence-corrected chi connectivity index (χ1v) is 10.4. The zero-order chi connectivity index (χ0) is 22.3. The SMILES string of the molecule is Cc1csc(-c2nc(-c3c[nH]c4ncc(F)cc34)nc(N[C@@H](C)[C@H](C)C(=O)O)c2F)c1. The van der Waals surface area contributed by atoms with Crippen molar-refractivity contribution >= 4 is 34.2 Å². The lowest BCUT2D eigenvalue weighted by Crippen LogP contribution is -2.30. The van der Waals surface area contributed by atoms with Gasteiger partial charge < -0.3 is 15.4 Å². The van der Waals surface area contributed by atoms with E-state index in [0.29, 0.717) is 21.5 Å². The molecule has 4 aromatic rings. The number of carboxylic acids is 1. The van der Waals surface area contributed by atoms with Gasteiger partial charge in [-0.3, -0.25) is 4.79 Å². The van der Waals surface area contributed by atoms with Gasteiger partial charge in [-0.1, -0.05) is 0 Å². The summed E-state index contributed by atoms with van der Waals surface area (Å²) < 4.78 is 29.2. The van der Waals surface area contributed by atoms with Crippen LogP contribution in [-0.2, 0) is 4.79 Å². The number of rotatable bonds is 6. The number of hydrogen-bond acceptors (Lipinski definition) is 6. The summed E-state index contributed by atoms with van der Waals surface area (Å²) in [4.78, 5) is 27.6. The van der Waals surface area contributed by atoms with Gasteiger partial charge in [0.25, 0.3) is 0 Å². The molecular weight excluding hydrogens is 424 g/mol. The van der Waals surface area contributed by atoms with Gasteiger partial charge in [0.05, 0.1) is 17.0 Å². The fourth-order valence-electron chi connectivity index (χ4n) is 3.10. The fraction of sp³-hybridized carbons (Fsp3) is 0.238. The van der Waals surface area contributed by atoms with E-state index in [9.17, 15) is 14.3 Å². The molecule has 160 valence electrons. The number of fused-ring (bicyclic) bond motifs is 1. The number of aliphatic carboxylic acids is 1. The first-order chi connectivity index (χ1) is 14.7. The number of H-pyrrole nitrogens is 1. The minimum Gasteiger partial charge on any atom is -0.481 e. The molecule has 0 aliphatic carbocycles. The Morgan fingerprint density at radius 2 is 2.03 bits per heavy atom. The summed E-state index contributed by atoms with van der Waals surface area (Å²) in [5.74, 6) is -2.95. The lowest BCUT2D eigenvalue weighted by atomic mass is 10.0. The molecule has 0 aromatic carbocycles. The summed E-state index contributed by atoms with van der Waals surface area (Å²) in [5.41, 5.74) is 1.94. The average Bonchev–Trinajstić information content (AvgIpc) is 3.34. The summed E-state index contributed by atoms with van der Waals surface area (Å²) in [7, 11) is 0. The maximum Gasteiger partial charge on any atom is 0.308 e. The zero-order valence-corrected chi connectivity index (χ0v) is 17.7. The summed E-state index contributed by atoms with van der Waals surface area (Å²) in [6.07, 6.45) is 2.68. The van der Waals surface area contributed by atoms with Crippen LogP contribution >= 0.6 is 11.3 Å². The summed E-state index contributed by atoms with van der Waals surface area (Å²) in [5, 5.41) is 14.5. The van der Waals surface area contributed by atoms with Crippen LogP contribution in [0.4, 0.5) is 14.6 Å². The molecule has 0 aliphatic rings. The average molecular weight is 443 g/mol. The number of carboxylic acid groups (broad SMARTS) is 1.